The lowest BCUT2D eigenvalue weighted by atomic mass is 10.0. The average molecular weight is 566 g/mol. The molecular weight excluding hydrogens is 537 g/mol. The molecule has 39 heavy (non-hydrogen) atoms. The van der Waals surface area contributed by atoms with Crippen LogP contribution < -0.4 is 21.3 Å². The summed E-state index contributed by atoms with van der Waals surface area (Å²) in [5.41, 5.74) is 14.7. The van der Waals surface area contributed by atoms with Gasteiger partial charge >= 0.3 is 0 Å². The van der Waals surface area contributed by atoms with E-state index >= 15 is 0 Å². The zero-order chi connectivity index (χ0) is 27.7. The molecule has 2 aromatic carbocycles. The molecule has 3 heterocycles. The topological polar surface area (TPSA) is 123 Å². The first-order valence-corrected chi connectivity index (χ1v) is 13.4. The molecule has 0 saturated carbocycles. The highest BCUT2D eigenvalue weighted by Gasteiger charge is 2.29. The molecule has 1 aliphatic heterocycles. The van der Waals surface area contributed by atoms with E-state index in [1.807, 2.05) is 71.1 Å². The van der Waals surface area contributed by atoms with Gasteiger partial charge in [0.15, 0.2) is 5.65 Å². The molecule has 4 aromatic rings. The lowest BCUT2D eigenvalue weighted by Crippen LogP contribution is -2.27. The minimum atomic E-state index is -0.385. The van der Waals surface area contributed by atoms with Crippen LogP contribution in [-0.4, -0.2) is 53.1 Å². The first-order chi connectivity index (χ1) is 18.7. The number of hydrogen-bond donors (Lipinski definition) is 2. The fraction of sp³-hybridized carbons (Fsp3) is 0.286. The number of nitrogens with two attached hydrogens (primary N) is 2. The van der Waals surface area contributed by atoms with E-state index in [1.165, 1.54) is 0 Å². The van der Waals surface area contributed by atoms with Crippen LogP contribution in [0.2, 0.25) is 10.0 Å². The predicted molar refractivity (Wildman–Crippen MR) is 155 cm³/mol. The smallest absolute Gasteiger partial charge is 0.219 e. The van der Waals surface area contributed by atoms with Crippen molar-refractivity contribution >= 4 is 52.3 Å². The van der Waals surface area contributed by atoms with Crippen LogP contribution in [0.1, 0.15) is 19.3 Å². The van der Waals surface area contributed by atoms with E-state index in [0.717, 1.165) is 35.5 Å². The van der Waals surface area contributed by atoms with Gasteiger partial charge in [-0.15, -0.1) is 0 Å². The van der Waals surface area contributed by atoms with Crippen LogP contribution in [-0.2, 0) is 9.59 Å². The van der Waals surface area contributed by atoms with Crippen molar-refractivity contribution in [2.45, 2.75) is 19.3 Å². The van der Waals surface area contributed by atoms with Crippen LogP contribution in [0.5, 0.6) is 0 Å². The Hall–Kier alpha value is -3.82. The van der Waals surface area contributed by atoms with Crippen molar-refractivity contribution in [2.24, 2.45) is 17.4 Å². The monoisotopic (exact) mass is 565 g/mol. The molecule has 2 aromatic heterocycles. The lowest BCUT2D eigenvalue weighted by molar-refractivity contribution is -0.119. The number of carbonyl (C=O) groups excluding carboxylic acids is 2. The Bertz CT molecular complexity index is 1540. The number of anilines is 2. The Kier molecular flexibility index (Phi) is 7.63. The van der Waals surface area contributed by atoms with Gasteiger partial charge in [-0.25, -0.2) is 4.98 Å². The maximum absolute atomic E-state index is 11.6. The molecule has 5 rings (SSSR count). The van der Waals surface area contributed by atoms with Crippen molar-refractivity contribution in [3.63, 3.8) is 0 Å². The number of hydrogen-bond acceptors (Lipinski definition) is 6. The second kappa shape index (κ2) is 11.1. The normalized spacial score (nSPS) is 15.2. The van der Waals surface area contributed by atoms with Gasteiger partial charge in [-0.1, -0.05) is 53.5 Å². The highest BCUT2D eigenvalue weighted by Crippen LogP contribution is 2.40. The highest BCUT2D eigenvalue weighted by atomic mass is 35.5. The summed E-state index contributed by atoms with van der Waals surface area (Å²) in [6, 6.07) is 17.0. The number of fused-ring (bicyclic) bond motifs is 1. The Morgan fingerprint density at radius 3 is 2.51 bits per heavy atom. The Balaban J connectivity index is 1.74. The maximum Gasteiger partial charge on any atom is 0.219 e. The zero-order valence-electron chi connectivity index (χ0n) is 21.5. The van der Waals surface area contributed by atoms with Crippen LogP contribution in [0, 0.1) is 5.92 Å². The minimum absolute atomic E-state index is 0.149. The number of aromatic nitrogens is 3. The maximum atomic E-state index is 11.6. The number of amides is 2. The van der Waals surface area contributed by atoms with Crippen molar-refractivity contribution in [3.05, 3.63) is 64.6 Å². The fourth-order valence-electron chi connectivity index (χ4n) is 5.02. The van der Waals surface area contributed by atoms with Gasteiger partial charge in [0, 0.05) is 56.2 Å². The summed E-state index contributed by atoms with van der Waals surface area (Å²) in [5, 5.41) is 6.25. The van der Waals surface area contributed by atoms with Gasteiger partial charge in [-0.3, -0.25) is 9.59 Å². The standard InChI is InChI=1S/C28H29Cl2N7O2/c1-35(12-11-22(31)38)24-15-25(36-13-10-17(16-36)14-23(32)39)37-28(33-24)26(18-6-8-19(29)9-7-18)27(34-37)20-4-2-3-5-21(20)30/h2-9,15,17H,10-14,16H2,1H3,(H2,31,38)(H2,32,39)/t17-/m1/s1. The van der Waals surface area contributed by atoms with E-state index in [9.17, 15) is 9.59 Å². The zero-order valence-corrected chi connectivity index (χ0v) is 23.0. The quantitative estimate of drug-likeness (QED) is 0.310. The van der Waals surface area contributed by atoms with Crippen LogP contribution in [0.3, 0.4) is 0 Å². The first-order valence-electron chi connectivity index (χ1n) is 12.7. The molecule has 0 bridgehead atoms. The number of carbonyl (C=O) groups is 2. The summed E-state index contributed by atoms with van der Waals surface area (Å²) in [7, 11) is 1.87. The molecule has 11 heteroatoms. The predicted octanol–water partition coefficient (Wildman–Crippen LogP) is 4.38. The van der Waals surface area contributed by atoms with Gasteiger partial charge in [0.05, 0.1) is 10.6 Å². The average Bonchev–Trinajstić information content (AvgIpc) is 3.52. The summed E-state index contributed by atoms with van der Waals surface area (Å²) in [6.45, 7) is 1.80. The van der Waals surface area contributed by atoms with Gasteiger partial charge in [-0.2, -0.15) is 9.61 Å². The fourth-order valence-corrected chi connectivity index (χ4v) is 5.37. The first kappa shape index (κ1) is 26.8. The van der Waals surface area contributed by atoms with Gasteiger partial charge in [-0.05, 0) is 36.1 Å². The van der Waals surface area contributed by atoms with Crippen LogP contribution in [0.4, 0.5) is 11.6 Å². The number of benzene rings is 2. The second-order valence-corrected chi connectivity index (χ2v) is 10.7. The largest absolute Gasteiger partial charge is 0.370 e. The molecule has 0 aliphatic carbocycles. The second-order valence-electron chi connectivity index (χ2n) is 9.83. The molecule has 1 aliphatic rings. The van der Waals surface area contributed by atoms with E-state index in [-0.39, 0.29) is 24.2 Å². The van der Waals surface area contributed by atoms with Gasteiger partial charge in [0.25, 0.3) is 0 Å². The Labute approximate surface area is 236 Å². The summed E-state index contributed by atoms with van der Waals surface area (Å²) in [6.07, 6.45) is 1.36. The molecule has 2 amide bonds. The molecule has 1 fully saturated rings. The number of primary amides is 2. The van der Waals surface area contributed by atoms with Gasteiger partial charge < -0.3 is 21.3 Å². The van der Waals surface area contributed by atoms with E-state index in [0.29, 0.717) is 46.7 Å². The SMILES string of the molecule is CN(CCC(N)=O)c1cc(N2CC[C@H](CC(N)=O)C2)n2nc(-c3ccccc3Cl)c(-c3ccc(Cl)cc3)c2n1. The van der Waals surface area contributed by atoms with Crippen molar-refractivity contribution in [2.75, 3.05) is 36.5 Å². The van der Waals surface area contributed by atoms with Crippen LogP contribution in [0.15, 0.2) is 54.6 Å². The molecule has 0 radical (unpaired) electrons. The molecule has 9 nitrogen and oxygen atoms in total. The van der Waals surface area contributed by atoms with Crippen LogP contribution in [0.25, 0.3) is 28.0 Å². The Morgan fingerprint density at radius 1 is 1.08 bits per heavy atom. The van der Waals surface area contributed by atoms with E-state index < -0.39 is 0 Å². The third-order valence-corrected chi connectivity index (χ3v) is 7.58. The van der Waals surface area contributed by atoms with Crippen LogP contribution >= 0.6 is 23.2 Å². The van der Waals surface area contributed by atoms with Crippen molar-refractivity contribution in [1.29, 1.82) is 0 Å². The Morgan fingerprint density at radius 2 is 1.82 bits per heavy atom. The molecular formula is C28H29Cl2N7O2. The lowest BCUT2D eigenvalue weighted by Gasteiger charge is -2.23. The number of rotatable bonds is 9. The van der Waals surface area contributed by atoms with Crippen molar-refractivity contribution in [1.82, 2.24) is 14.6 Å². The molecule has 1 atom stereocenters. The third kappa shape index (κ3) is 5.65. The highest BCUT2D eigenvalue weighted by molar-refractivity contribution is 6.33. The summed E-state index contributed by atoms with van der Waals surface area (Å²) in [4.78, 5) is 32.2. The van der Waals surface area contributed by atoms with Crippen molar-refractivity contribution in [3.8, 4) is 22.4 Å². The summed E-state index contributed by atoms with van der Waals surface area (Å²) < 4.78 is 1.83. The third-order valence-electron chi connectivity index (χ3n) is 7.00. The molecule has 1 saturated heterocycles. The molecule has 0 unspecified atom stereocenters. The summed E-state index contributed by atoms with van der Waals surface area (Å²) in [5.74, 6) is 0.943. The van der Waals surface area contributed by atoms with E-state index in [4.69, 9.17) is 44.8 Å². The summed E-state index contributed by atoms with van der Waals surface area (Å²) >= 11 is 12.9. The van der Waals surface area contributed by atoms with E-state index in [2.05, 4.69) is 4.90 Å². The van der Waals surface area contributed by atoms with E-state index in [1.54, 1.807) is 0 Å². The molecule has 4 N–H and O–H groups in total. The number of halogens is 2. The number of nitrogens with zero attached hydrogens (tertiary/aromatic N) is 5. The molecule has 202 valence electrons. The minimum Gasteiger partial charge on any atom is -0.370 e. The van der Waals surface area contributed by atoms with Gasteiger partial charge in [0.2, 0.25) is 11.8 Å². The molecule has 0 spiro atoms. The van der Waals surface area contributed by atoms with Crippen molar-refractivity contribution < 1.29 is 9.59 Å². The van der Waals surface area contributed by atoms with Gasteiger partial charge in [0.1, 0.15) is 17.3 Å².